The number of ether oxygens (including phenoxy) is 1. The zero-order valence-corrected chi connectivity index (χ0v) is 27.0. The van der Waals surface area contributed by atoms with E-state index in [2.05, 4.69) is 47.8 Å². The maximum Gasteiger partial charge on any atom is 0.225 e. The van der Waals surface area contributed by atoms with Gasteiger partial charge in [0, 0.05) is 78.6 Å². The Morgan fingerprint density at radius 1 is 1.16 bits per heavy atom. The average Bonchev–Trinajstić information content (AvgIpc) is 3.75. The van der Waals surface area contributed by atoms with Crippen LogP contribution in [0.1, 0.15) is 37.9 Å². The Hall–Kier alpha value is -2.60. The molecule has 1 aliphatic carbocycles. The van der Waals surface area contributed by atoms with Crippen molar-refractivity contribution in [1.29, 1.82) is 0 Å². The van der Waals surface area contributed by atoms with E-state index in [1.165, 1.54) is 5.57 Å². The van der Waals surface area contributed by atoms with Crippen molar-refractivity contribution in [2.45, 2.75) is 43.1 Å². The van der Waals surface area contributed by atoms with Gasteiger partial charge in [-0.1, -0.05) is 35.9 Å². The molecule has 0 bridgehead atoms. The molecule has 0 spiro atoms. The van der Waals surface area contributed by atoms with E-state index in [9.17, 15) is 4.21 Å². The number of fused-ring (bicyclic) bond motifs is 3. The second-order valence-electron chi connectivity index (χ2n) is 11.5. The van der Waals surface area contributed by atoms with Gasteiger partial charge < -0.3 is 20.3 Å². The molecule has 1 unspecified atom stereocenters. The van der Waals surface area contributed by atoms with Crippen LogP contribution in [-0.4, -0.2) is 93.4 Å². The summed E-state index contributed by atoms with van der Waals surface area (Å²) >= 11 is 1.60. The normalized spacial score (nSPS) is 22.8. The molecule has 2 aromatic heterocycles. The van der Waals surface area contributed by atoms with Gasteiger partial charge in [0.2, 0.25) is 5.95 Å². The van der Waals surface area contributed by atoms with Crippen molar-refractivity contribution >= 4 is 79.1 Å². The van der Waals surface area contributed by atoms with Crippen LogP contribution in [0.3, 0.4) is 0 Å². The molecule has 224 valence electrons. The minimum absolute atomic E-state index is 0.103. The molecule has 43 heavy (non-hydrogen) atoms. The fraction of sp³-hybridized carbons (Fsp3) is 0.483. The third-order valence-electron chi connectivity index (χ3n) is 8.70. The standard InChI is InChI=1S/C29H36BN8O2PS2/c1-18-37(27-25(42-18)28-32-26(19-4-2-3-5-19)34-38(28)29(31)33-27)13-10-35-8-11-36(12-9-35)22-17-23(24(41)16-21(22)30)40-20-6-14-43(39)15-7-20/h4,16-17,20H,1-3,5-15,41H2,(H2,31,33). The first kappa shape index (κ1) is 29.1. The lowest BCUT2D eigenvalue weighted by Gasteiger charge is -2.38. The van der Waals surface area contributed by atoms with Crippen molar-refractivity contribution in [2.24, 2.45) is 0 Å². The number of nitrogens with zero attached hydrogens (tertiary/aromatic N) is 7. The first-order valence-electron chi connectivity index (χ1n) is 14.9. The van der Waals surface area contributed by atoms with Crippen molar-refractivity contribution in [3.63, 3.8) is 0 Å². The first-order chi connectivity index (χ1) is 20.8. The fourth-order valence-corrected chi connectivity index (χ4v) is 8.81. The van der Waals surface area contributed by atoms with Crippen LogP contribution >= 0.6 is 21.0 Å². The van der Waals surface area contributed by atoms with E-state index in [0.717, 1.165) is 121 Å². The first-order valence-corrected chi connectivity index (χ1v) is 17.8. The molecule has 0 saturated carbocycles. The minimum atomic E-state index is -0.706. The second-order valence-corrected chi connectivity index (χ2v) is 14.9. The Balaban J connectivity index is 0.994. The molecule has 1 atom stereocenters. The molecule has 1 aromatic carbocycles. The van der Waals surface area contributed by atoms with Crippen molar-refractivity contribution in [1.82, 2.24) is 24.5 Å². The number of allylic oxidation sites excluding steroid dienone is 2. The Kier molecular flexibility index (Phi) is 8.17. The summed E-state index contributed by atoms with van der Waals surface area (Å²) in [5.74, 6) is 4.18. The van der Waals surface area contributed by atoms with E-state index in [1.54, 1.807) is 16.3 Å². The van der Waals surface area contributed by atoms with Gasteiger partial charge in [-0.15, -0.1) is 14.3 Å². The van der Waals surface area contributed by atoms with E-state index < -0.39 is 10.8 Å². The van der Waals surface area contributed by atoms with Gasteiger partial charge in [0.1, 0.15) is 24.6 Å². The molecular weight excluding hydrogens is 598 g/mol. The summed E-state index contributed by atoms with van der Waals surface area (Å²) in [5.41, 5.74) is 10.1. The molecule has 7 rings (SSSR count). The van der Waals surface area contributed by atoms with E-state index in [4.69, 9.17) is 28.3 Å². The van der Waals surface area contributed by atoms with E-state index in [0.29, 0.717) is 17.5 Å². The van der Waals surface area contributed by atoms with Gasteiger partial charge in [-0.05, 0) is 37.7 Å². The van der Waals surface area contributed by atoms with E-state index >= 15 is 0 Å². The molecule has 3 aromatic rings. The summed E-state index contributed by atoms with van der Waals surface area (Å²) in [6.45, 7) is 9.56. The second kappa shape index (κ2) is 12.1. The number of rotatable bonds is 7. The summed E-state index contributed by atoms with van der Waals surface area (Å²) in [5, 5.41) is 6.56. The molecule has 4 aliphatic rings. The van der Waals surface area contributed by atoms with Crippen LogP contribution in [0, 0.1) is 0 Å². The molecular formula is C29H36BN8O2PS2. The van der Waals surface area contributed by atoms with Crippen LogP contribution in [0.15, 0.2) is 34.7 Å². The van der Waals surface area contributed by atoms with Crippen molar-refractivity contribution in [3.05, 3.63) is 35.6 Å². The highest BCUT2D eigenvalue weighted by Crippen LogP contribution is 2.46. The van der Waals surface area contributed by atoms with Gasteiger partial charge in [0.15, 0.2) is 17.3 Å². The number of anilines is 3. The molecule has 14 heteroatoms. The highest BCUT2D eigenvalue weighted by atomic mass is 32.2. The lowest BCUT2D eigenvalue weighted by Crippen LogP contribution is -2.49. The van der Waals surface area contributed by atoms with Crippen LogP contribution in [0.4, 0.5) is 17.5 Å². The zero-order chi connectivity index (χ0) is 29.7. The monoisotopic (exact) mass is 634 g/mol. The largest absolute Gasteiger partial charge is 0.490 e. The van der Waals surface area contributed by atoms with E-state index in [-0.39, 0.29) is 6.10 Å². The topological polar surface area (TPSA) is 105 Å². The number of hydrogen-bond acceptors (Lipinski definition) is 10. The number of nitrogens with two attached hydrogens (primary N) is 1. The summed E-state index contributed by atoms with van der Waals surface area (Å²) in [7, 11) is 8.52. The number of aromatic nitrogens is 4. The molecule has 2 N–H and O–H groups in total. The van der Waals surface area contributed by atoms with Crippen molar-refractivity contribution < 1.29 is 8.95 Å². The maximum atomic E-state index is 11.8. The van der Waals surface area contributed by atoms with Gasteiger partial charge in [-0.3, -0.25) is 9.11 Å². The van der Waals surface area contributed by atoms with Gasteiger partial charge in [-0.25, -0.2) is 4.98 Å². The number of benzene rings is 1. The molecule has 2 saturated heterocycles. The Labute approximate surface area is 262 Å². The SMILES string of the molecule is [B]c1cc(P)c(OC2CCS(=O)CC2)cc1N1CCN(CCN2C(=C)Sc3c2nc(N)n2nc(C4=CCCC4)nc32)CC1. The highest BCUT2D eigenvalue weighted by molar-refractivity contribution is 8.03. The van der Waals surface area contributed by atoms with Crippen LogP contribution in [0.2, 0.25) is 0 Å². The number of thioether (sulfide) groups is 1. The quantitative estimate of drug-likeness (QED) is 0.307. The van der Waals surface area contributed by atoms with Crippen molar-refractivity contribution in [3.8, 4) is 5.75 Å². The summed E-state index contributed by atoms with van der Waals surface area (Å²) < 4.78 is 19.8. The molecule has 0 amide bonds. The van der Waals surface area contributed by atoms with Gasteiger partial charge in [0.05, 0.1) is 5.03 Å². The smallest absolute Gasteiger partial charge is 0.225 e. The van der Waals surface area contributed by atoms with Gasteiger partial charge in [-0.2, -0.15) is 9.50 Å². The average molecular weight is 635 g/mol. The van der Waals surface area contributed by atoms with Crippen molar-refractivity contribution in [2.75, 3.05) is 66.3 Å². The number of nitrogen functional groups attached to an aromatic ring is 1. The van der Waals surface area contributed by atoms with Gasteiger partial charge >= 0.3 is 0 Å². The van der Waals surface area contributed by atoms with E-state index in [1.807, 2.05) is 6.07 Å². The minimum Gasteiger partial charge on any atom is -0.490 e. The molecule has 2 radical (unpaired) electrons. The predicted molar refractivity (Wildman–Crippen MR) is 181 cm³/mol. The third kappa shape index (κ3) is 5.81. The summed E-state index contributed by atoms with van der Waals surface area (Å²) in [4.78, 5) is 17.5. The van der Waals surface area contributed by atoms with Crippen LogP contribution in [-0.2, 0) is 10.8 Å². The molecule has 10 nitrogen and oxygen atoms in total. The zero-order valence-electron chi connectivity index (χ0n) is 24.2. The van der Waals surface area contributed by atoms with Crippen LogP contribution in [0.25, 0.3) is 11.2 Å². The number of piperazine rings is 1. The fourth-order valence-electron chi connectivity index (χ4n) is 6.23. The molecule has 2 fully saturated rings. The molecule has 5 heterocycles. The third-order valence-corrected chi connectivity index (χ3v) is 11.6. The van der Waals surface area contributed by atoms with Gasteiger partial charge in [0.25, 0.3) is 0 Å². The van der Waals surface area contributed by atoms with Crippen LogP contribution in [0.5, 0.6) is 5.75 Å². The molecule has 3 aliphatic heterocycles. The Morgan fingerprint density at radius 3 is 2.70 bits per heavy atom. The Bertz CT molecular complexity index is 1630. The predicted octanol–water partition coefficient (Wildman–Crippen LogP) is 2.06. The Morgan fingerprint density at radius 2 is 1.95 bits per heavy atom. The highest BCUT2D eigenvalue weighted by Gasteiger charge is 2.32. The lowest BCUT2D eigenvalue weighted by molar-refractivity contribution is 0.193. The maximum absolute atomic E-state index is 11.8. The number of hydrogen-bond donors (Lipinski definition) is 1. The van der Waals surface area contributed by atoms with Crippen LogP contribution < -0.4 is 31.0 Å². The lowest BCUT2D eigenvalue weighted by atomic mass is 9.92. The summed E-state index contributed by atoms with van der Waals surface area (Å²) in [6, 6.07) is 4.06. The summed E-state index contributed by atoms with van der Waals surface area (Å²) in [6.07, 6.45) is 7.19.